The normalized spacial score (nSPS) is 16.3. The van der Waals surface area contributed by atoms with E-state index in [1.165, 1.54) is 0 Å². The summed E-state index contributed by atoms with van der Waals surface area (Å²) in [7, 11) is 0. The van der Waals surface area contributed by atoms with E-state index in [4.69, 9.17) is 20.4 Å². The highest BCUT2D eigenvalue weighted by molar-refractivity contribution is 5.76. The molecule has 0 saturated carbocycles. The van der Waals surface area contributed by atoms with Crippen LogP contribution in [-0.4, -0.2) is 57.8 Å². The number of hydrogen-bond donors (Lipinski definition) is 1. The zero-order chi connectivity index (χ0) is 18.9. The van der Waals surface area contributed by atoms with Crippen LogP contribution in [0.3, 0.4) is 0 Å². The van der Waals surface area contributed by atoms with Gasteiger partial charge in [-0.05, 0) is 18.6 Å². The minimum absolute atomic E-state index is 0.261. The molecule has 142 valence electrons. The predicted molar refractivity (Wildman–Crippen MR) is 105 cm³/mol. The first kappa shape index (κ1) is 16.8. The molecule has 2 N–H and O–H groups in total. The Labute approximate surface area is 162 Å². The third-order valence-electron chi connectivity index (χ3n) is 5.03. The van der Waals surface area contributed by atoms with E-state index in [0.717, 1.165) is 60.3 Å². The molecule has 1 fully saturated rings. The third-order valence-corrected chi connectivity index (χ3v) is 5.03. The number of anilines is 4. The maximum Gasteiger partial charge on any atom is 0.228 e. The highest BCUT2D eigenvalue weighted by atomic mass is 16.5. The van der Waals surface area contributed by atoms with Crippen molar-refractivity contribution in [3.8, 4) is 11.3 Å². The molecule has 0 atom stereocenters. The molecule has 0 aliphatic carbocycles. The van der Waals surface area contributed by atoms with E-state index in [2.05, 4.69) is 24.8 Å². The zero-order valence-corrected chi connectivity index (χ0v) is 15.3. The molecule has 1 saturated heterocycles. The first-order valence-corrected chi connectivity index (χ1v) is 9.28. The largest absolute Gasteiger partial charge is 0.378 e. The maximum atomic E-state index is 5.65. The molecule has 2 aliphatic rings. The van der Waals surface area contributed by atoms with Crippen molar-refractivity contribution in [1.82, 2.24) is 24.9 Å². The molecule has 0 amide bonds. The van der Waals surface area contributed by atoms with Gasteiger partial charge in [-0.15, -0.1) is 0 Å². The van der Waals surface area contributed by atoms with Crippen molar-refractivity contribution in [3.05, 3.63) is 42.5 Å². The van der Waals surface area contributed by atoms with Gasteiger partial charge in [0.05, 0.1) is 37.0 Å². The van der Waals surface area contributed by atoms with Crippen molar-refractivity contribution in [2.75, 3.05) is 48.4 Å². The van der Waals surface area contributed by atoms with Gasteiger partial charge in [-0.2, -0.15) is 4.98 Å². The van der Waals surface area contributed by atoms with Crippen molar-refractivity contribution in [1.29, 1.82) is 0 Å². The van der Waals surface area contributed by atoms with Gasteiger partial charge in [-0.3, -0.25) is 4.98 Å². The zero-order valence-electron chi connectivity index (χ0n) is 15.3. The van der Waals surface area contributed by atoms with Gasteiger partial charge in [0.1, 0.15) is 5.82 Å². The first-order valence-electron chi connectivity index (χ1n) is 9.28. The van der Waals surface area contributed by atoms with Crippen molar-refractivity contribution in [2.45, 2.75) is 6.42 Å². The molecule has 0 unspecified atom stereocenters. The number of ether oxygens (including phenoxy) is 1. The summed E-state index contributed by atoms with van der Waals surface area (Å²) in [6, 6.07) is 3.97. The van der Waals surface area contributed by atoms with Crippen molar-refractivity contribution < 1.29 is 4.74 Å². The summed E-state index contributed by atoms with van der Waals surface area (Å²) in [5.74, 6) is 1.88. The lowest BCUT2D eigenvalue weighted by atomic mass is 10.1. The predicted octanol–water partition coefficient (Wildman–Crippen LogP) is 1.44. The molecule has 0 aromatic carbocycles. The molecule has 28 heavy (non-hydrogen) atoms. The van der Waals surface area contributed by atoms with Crippen LogP contribution in [0.25, 0.3) is 11.3 Å². The van der Waals surface area contributed by atoms with Gasteiger partial charge in [-0.1, -0.05) is 0 Å². The Morgan fingerprint density at radius 1 is 0.964 bits per heavy atom. The van der Waals surface area contributed by atoms with E-state index in [1.54, 1.807) is 24.8 Å². The second kappa shape index (κ2) is 7.01. The van der Waals surface area contributed by atoms with Crippen LogP contribution in [0.2, 0.25) is 0 Å². The number of rotatable bonds is 3. The number of nitrogens with two attached hydrogens (primary N) is 1. The second-order valence-electron chi connectivity index (χ2n) is 6.71. The Kier molecular flexibility index (Phi) is 4.21. The minimum atomic E-state index is 0.261. The van der Waals surface area contributed by atoms with E-state index in [1.807, 2.05) is 12.1 Å². The maximum absolute atomic E-state index is 5.65. The second-order valence-corrected chi connectivity index (χ2v) is 6.71. The van der Waals surface area contributed by atoms with Gasteiger partial charge < -0.3 is 20.3 Å². The molecule has 9 nitrogen and oxygen atoms in total. The molecule has 0 bridgehead atoms. The van der Waals surface area contributed by atoms with Crippen LogP contribution in [0, 0.1) is 0 Å². The van der Waals surface area contributed by atoms with E-state index in [0.29, 0.717) is 13.2 Å². The lowest BCUT2D eigenvalue weighted by Gasteiger charge is -2.28. The summed E-state index contributed by atoms with van der Waals surface area (Å²) >= 11 is 0. The van der Waals surface area contributed by atoms with E-state index < -0.39 is 0 Å². The van der Waals surface area contributed by atoms with Crippen molar-refractivity contribution in [3.63, 3.8) is 0 Å². The minimum Gasteiger partial charge on any atom is -0.378 e. The summed E-state index contributed by atoms with van der Waals surface area (Å²) in [6.45, 7) is 3.71. The standard InChI is InChI=1S/C19H20N8O/c20-18-22-11-14(12-23-18)27-6-3-15-16(13-1-4-21-5-2-13)24-19(25-17(15)27)26-7-9-28-10-8-26/h1-2,4-5,11-12H,3,6-10H2,(H2,20,22,23). The molecule has 0 radical (unpaired) electrons. The van der Waals surface area contributed by atoms with E-state index in [9.17, 15) is 0 Å². The Balaban J connectivity index is 1.63. The monoisotopic (exact) mass is 376 g/mol. The molecule has 9 heteroatoms. The Hall–Kier alpha value is -3.33. The first-order chi connectivity index (χ1) is 13.8. The van der Waals surface area contributed by atoms with Crippen LogP contribution >= 0.6 is 0 Å². The van der Waals surface area contributed by atoms with Crippen LogP contribution in [0.5, 0.6) is 0 Å². The van der Waals surface area contributed by atoms with Gasteiger partial charge >= 0.3 is 0 Å². The summed E-state index contributed by atoms with van der Waals surface area (Å²) in [5, 5.41) is 0. The topological polar surface area (TPSA) is 106 Å². The van der Waals surface area contributed by atoms with Gasteiger partial charge in [0.2, 0.25) is 11.9 Å². The average molecular weight is 376 g/mol. The number of hydrogen-bond acceptors (Lipinski definition) is 9. The van der Waals surface area contributed by atoms with E-state index >= 15 is 0 Å². The summed E-state index contributed by atoms with van der Waals surface area (Å²) < 4.78 is 5.49. The smallest absolute Gasteiger partial charge is 0.228 e. The number of fused-ring (bicyclic) bond motifs is 1. The van der Waals surface area contributed by atoms with Gasteiger partial charge in [0.15, 0.2) is 0 Å². The quantitative estimate of drug-likeness (QED) is 0.726. The average Bonchev–Trinajstić information content (AvgIpc) is 3.19. The SMILES string of the molecule is Nc1ncc(N2CCc3c(-c4ccncc4)nc(N4CCOCC4)nc32)cn1. The highest BCUT2D eigenvalue weighted by Gasteiger charge is 2.29. The molecule has 5 heterocycles. The molecule has 5 rings (SSSR count). The van der Waals surface area contributed by atoms with Crippen molar-refractivity contribution in [2.24, 2.45) is 0 Å². The fourth-order valence-electron chi connectivity index (χ4n) is 3.62. The van der Waals surface area contributed by atoms with Gasteiger partial charge in [0.25, 0.3) is 0 Å². The molecular formula is C19H20N8O. The Morgan fingerprint density at radius 2 is 1.71 bits per heavy atom. The third kappa shape index (κ3) is 2.99. The molecule has 0 spiro atoms. The highest BCUT2D eigenvalue weighted by Crippen LogP contribution is 2.38. The van der Waals surface area contributed by atoms with Crippen molar-refractivity contribution >= 4 is 23.4 Å². The van der Waals surface area contributed by atoms with Crippen LogP contribution in [0.15, 0.2) is 36.9 Å². The van der Waals surface area contributed by atoms with Crippen LogP contribution in [0.4, 0.5) is 23.4 Å². The molecular weight excluding hydrogens is 356 g/mol. The Bertz CT molecular complexity index is 973. The molecule has 2 aliphatic heterocycles. The number of morpholine rings is 1. The fraction of sp³-hybridized carbons (Fsp3) is 0.316. The van der Waals surface area contributed by atoms with Gasteiger partial charge in [-0.25, -0.2) is 15.0 Å². The lowest BCUT2D eigenvalue weighted by molar-refractivity contribution is 0.122. The van der Waals surface area contributed by atoms with E-state index in [-0.39, 0.29) is 5.95 Å². The lowest BCUT2D eigenvalue weighted by Crippen LogP contribution is -2.37. The van der Waals surface area contributed by atoms with Crippen LogP contribution in [0.1, 0.15) is 5.56 Å². The summed E-state index contributed by atoms with van der Waals surface area (Å²) in [6.07, 6.45) is 7.90. The molecule has 3 aromatic heterocycles. The van der Waals surface area contributed by atoms with Crippen LogP contribution < -0.4 is 15.5 Å². The number of nitrogens with zero attached hydrogens (tertiary/aromatic N) is 7. The Morgan fingerprint density at radius 3 is 2.46 bits per heavy atom. The summed E-state index contributed by atoms with van der Waals surface area (Å²) in [4.78, 5) is 26.6. The fourth-order valence-corrected chi connectivity index (χ4v) is 3.62. The van der Waals surface area contributed by atoms with Crippen LogP contribution in [-0.2, 0) is 11.2 Å². The number of aromatic nitrogens is 5. The summed E-state index contributed by atoms with van der Waals surface area (Å²) in [5.41, 5.74) is 9.64. The van der Waals surface area contributed by atoms with Gasteiger partial charge in [0, 0.05) is 43.2 Å². The number of pyridine rings is 1. The molecule has 3 aromatic rings. The number of nitrogen functional groups attached to an aromatic ring is 1.